The zero-order chi connectivity index (χ0) is 16.8. The number of nitrogens with one attached hydrogen (secondary N) is 1. The number of pyridine rings is 1. The van der Waals surface area contributed by atoms with E-state index < -0.39 is 12.1 Å². The van der Waals surface area contributed by atoms with Crippen molar-refractivity contribution in [1.82, 2.24) is 4.98 Å². The van der Waals surface area contributed by atoms with Crippen molar-refractivity contribution in [2.45, 2.75) is 13.5 Å². The van der Waals surface area contributed by atoms with E-state index in [-0.39, 0.29) is 12.4 Å². The normalized spacial score (nSPS) is 10.0. The number of amides is 1. The van der Waals surface area contributed by atoms with Crippen LogP contribution in [-0.2, 0) is 16.1 Å². The number of aromatic nitrogens is 1. The van der Waals surface area contributed by atoms with Crippen molar-refractivity contribution in [3.05, 3.63) is 57.7 Å². The molecule has 120 valence electrons. The lowest BCUT2D eigenvalue weighted by molar-refractivity contribution is 0.0599. The van der Waals surface area contributed by atoms with Crippen molar-refractivity contribution >= 4 is 33.8 Å². The predicted molar refractivity (Wildman–Crippen MR) is 88.3 cm³/mol. The van der Waals surface area contributed by atoms with Gasteiger partial charge in [0.25, 0.3) is 0 Å². The first kappa shape index (κ1) is 17.0. The SMILES string of the molecule is COC(=O)c1cc(Br)c(NC(=O)OCc2ccccc2)nc1C. The van der Waals surface area contributed by atoms with Gasteiger partial charge in [-0.15, -0.1) is 0 Å². The van der Waals surface area contributed by atoms with Gasteiger partial charge >= 0.3 is 12.1 Å². The number of halogens is 1. The van der Waals surface area contributed by atoms with Crippen molar-refractivity contribution in [3.8, 4) is 0 Å². The maximum absolute atomic E-state index is 11.8. The minimum absolute atomic E-state index is 0.156. The van der Waals surface area contributed by atoms with Gasteiger partial charge in [0.05, 0.1) is 22.8 Å². The highest BCUT2D eigenvalue weighted by Crippen LogP contribution is 2.24. The van der Waals surface area contributed by atoms with Crippen LogP contribution in [0.15, 0.2) is 40.9 Å². The van der Waals surface area contributed by atoms with Crippen LogP contribution in [0.1, 0.15) is 21.6 Å². The summed E-state index contributed by atoms with van der Waals surface area (Å²) in [6, 6.07) is 10.9. The summed E-state index contributed by atoms with van der Waals surface area (Å²) in [4.78, 5) is 27.6. The largest absolute Gasteiger partial charge is 0.465 e. The molecular formula is C16H15BrN2O4. The Morgan fingerprint density at radius 3 is 2.61 bits per heavy atom. The number of esters is 1. The van der Waals surface area contributed by atoms with Crippen LogP contribution in [0.25, 0.3) is 0 Å². The Hall–Kier alpha value is -2.41. The summed E-state index contributed by atoms with van der Waals surface area (Å²) >= 11 is 3.26. The third-order valence-corrected chi connectivity index (χ3v) is 3.61. The number of hydrogen-bond donors (Lipinski definition) is 1. The van der Waals surface area contributed by atoms with Crippen LogP contribution >= 0.6 is 15.9 Å². The minimum atomic E-state index is -0.632. The second-order valence-corrected chi connectivity index (χ2v) is 5.48. The second kappa shape index (κ2) is 7.73. The van der Waals surface area contributed by atoms with Crippen molar-refractivity contribution in [2.24, 2.45) is 0 Å². The fraction of sp³-hybridized carbons (Fsp3) is 0.188. The molecule has 23 heavy (non-hydrogen) atoms. The monoisotopic (exact) mass is 378 g/mol. The van der Waals surface area contributed by atoms with Crippen molar-refractivity contribution < 1.29 is 19.1 Å². The van der Waals surface area contributed by atoms with Gasteiger partial charge in [-0.05, 0) is 34.5 Å². The van der Waals surface area contributed by atoms with E-state index in [0.29, 0.717) is 15.7 Å². The molecule has 1 amide bonds. The van der Waals surface area contributed by atoms with Gasteiger partial charge in [-0.2, -0.15) is 0 Å². The third-order valence-electron chi connectivity index (χ3n) is 3.01. The molecule has 0 radical (unpaired) electrons. The third kappa shape index (κ3) is 4.53. The Morgan fingerprint density at radius 2 is 1.96 bits per heavy atom. The average Bonchev–Trinajstić information content (AvgIpc) is 2.56. The zero-order valence-electron chi connectivity index (χ0n) is 12.6. The molecule has 0 bridgehead atoms. The number of hydrogen-bond acceptors (Lipinski definition) is 5. The Balaban J connectivity index is 2.03. The number of ether oxygens (including phenoxy) is 2. The van der Waals surface area contributed by atoms with Crippen molar-refractivity contribution in [3.63, 3.8) is 0 Å². The quantitative estimate of drug-likeness (QED) is 0.820. The summed E-state index contributed by atoms with van der Waals surface area (Å²) in [6.07, 6.45) is -0.632. The van der Waals surface area contributed by atoms with Crippen LogP contribution in [0.4, 0.5) is 10.6 Å². The lowest BCUT2D eigenvalue weighted by Crippen LogP contribution is -2.16. The van der Waals surface area contributed by atoms with Crippen LogP contribution in [0.5, 0.6) is 0 Å². The number of methoxy groups -OCH3 is 1. The Bertz CT molecular complexity index is 720. The molecule has 0 fully saturated rings. The molecule has 0 aliphatic heterocycles. The van der Waals surface area contributed by atoms with Gasteiger partial charge in [-0.1, -0.05) is 30.3 Å². The molecule has 0 unspecified atom stereocenters. The van der Waals surface area contributed by atoms with Gasteiger partial charge < -0.3 is 9.47 Å². The summed E-state index contributed by atoms with van der Waals surface area (Å²) < 4.78 is 10.3. The Morgan fingerprint density at radius 1 is 1.26 bits per heavy atom. The van der Waals surface area contributed by atoms with Gasteiger partial charge in [-0.25, -0.2) is 14.6 Å². The Labute approximate surface area is 142 Å². The van der Waals surface area contributed by atoms with Gasteiger partial charge in [0, 0.05) is 0 Å². The van der Waals surface area contributed by atoms with E-state index >= 15 is 0 Å². The fourth-order valence-electron chi connectivity index (χ4n) is 1.84. The summed E-state index contributed by atoms with van der Waals surface area (Å²) in [6.45, 7) is 1.81. The summed E-state index contributed by atoms with van der Waals surface area (Å²) in [5.74, 6) is -0.220. The molecule has 0 aliphatic rings. The molecule has 0 aliphatic carbocycles. The minimum Gasteiger partial charge on any atom is -0.465 e. The van der Waals surface area contributed by atoms with Crippen LogP contribution in [-0.4, -0.2) is 24.2 Å². The number of benzene rings is 1. The number of rotatable bonds is 4. The summed E-state index contributed by atoms with van der Waals surface area (Å²) in [5.41, 5.74) is 1.65. The van der Waals surface area contributed by atoms with Crippen LogP contribution in [0.3, 0.4) is 0 Å². The van der Waals surface area contributed by atoms with Crippen molar-refractivity contribution in [1.29, 1.82) is 0 Å². The molecule has 0 atom stereocenters. The van der Waals surface area contributed by atoms with Crippen LogP contribution in [0.2, 0.25) is 0 Å². The van der Waals surface area contributed by atoms with E-state index in [4.69, 9.17) is 4.74 Å². The van der Waals surface area contributed by atoms with E-state index in [0.717, 1.165) is 5.56 Å². The lowest BCUT2D eigenvalue weighted by atomic mass is 10.2. The van der Waals surface area contributed by atoms with E-state index in [2.05, 4.69) is 31.0 Å². The topological polar surface area (TPSA) is 77.5 Å². The Kier molecular flexibility index (Phi) is 5.70. The van der Waals surface area contributed by atoms with E-state index in [9.17, 15) is 9.59 Å². The maximum Gasteiger partial charge on any atom is 0.413 e. The molecule has 0 saturated carbocycles. The molecule has 6 nitrogen and oxygen atoms in total. The standard InChI is InChI=1S/C16H15BrN2O4/c1-10-12(15(20)22-2)8-13(17)14(18-10)19-16(21)23-9-11-6-4-3-5-7-11/h3-8H,9H2,1-2H3,(H,18,19,21). The molecular weight excluding hydrogens is 364 g/mol. The van der Waals surface area contributed by atoms with Gasteiger partial charge in [0.1, 0.15) is 12.4 Å². The maximum atomic E-state index is 11.8. The van der Waals surface area contributed by atoms with Crippen LogP contribution < -0.4 is 5.32 Å². The van der Waals surface area contributed by atoms with E-state index in [1.54, 1.807) is 13.0 Å². The van der Waals surface area contributed by atoms with Crippen molar-refractivity contribution in [2.75, 3.05) is 12.4 Å². The van der Waals surface area contributed by atoms with Gasteiger partial charge in [0.2, 0.25) is 0 Å². The van der Waals surface area contributed by atoms with E-state index in [1.165, 1.54) is 7.11 Å². The number of carbonyl (C=O) groups is 2. The van der Waals surface area contributed by atoms with Gasteiger partial charge in [-0.3, -0.25) is 5.32 Å². The molecule has 1 heterocycles. The highest BCUT2D eigenvalue weighted by atomic mass is 79.9. The number of anilines is 1. The molecule has 0 spiro atoms. The first-order chi connectivity index (χ1) is 11.0. The summed E-state index contributed by atoms with van der Waals surface area (Å²) in [7, 11) is 1.29. The smallest absolute Gasteiger partial charge is 0.413 e. The molecule has 2 rings (SSSR count). The first-order valence-electron chi connectivity index (χ1n) is 6.74. The molecule has 1 aromatic carbocycles. The van der Waals surface area contributed by atoms with E-state index in [1.807, 2.05) is 30.3 Å². The molecule has 1 N–H and O–H groups in total. The average molecular weight is 379 g/mol. The molecule has 7 heteroatoms. The molecule has 1 aromatic heterocycles. The summed E-state index contributed by atoms with van der Waals surface area (Å²) in [5, 5.41) is 2.53. The number of nitrogens with zero attached hydrogens (tertiary/aromatic N) is 1. The predicted octanol–water partition coefficient (Wildman–Crippen LogP) is 3.69. The molecule has 0 saturated heterocycles. The second-order valence-electron chi connectivity index (χ2n) is 4.63. The number of aryl methyl sites for hydroxylation is 1. The van der Waals surface area contributed by atoms with Crippen LogP contribution in [0, 0.1) is 6.92 Å². The van der Waals surface area contributed by atoms with Gasteiger partial charge in [0.15, 0.2) is 0 Å². The first-order valence-corrected chi connectivity index (χ1v) is 7.53. The zero-order valence-corrected chi connectivity index (χ0v) is 14.2. The number of carbonyl (C=O) groups excluding carboxylic acids is 2. The molecule has 2 aromatic rings. The highest BCUT2D eigenvalue weighted by Gasteiger charge is 2.16. The fourth-order valence-corrected chi connectivity index (χ4v) is 2.26. The highest BCUT2D eigenvalue weighted by molar-refractivity contribution is 9.10. The lowest BCUT2D eigenvalue weighted by Gasteiger charge is -2.10.